The van der Waals surface area contributed by atoms with Crippen molar-refractivity contribution in [1.29, 1.82) is 0 Å². The Morgan fingerprint density at radius 1 is 1.12 bits per heavy atom. The number of likely N-dealkylation sites (tertiary alicyclic amines) is 2. The Labute approximate surface area is 148 Å². The van der Waals surface area contributed by atoms with E-state index < -0.39 is 0 Å². The first-order valence-corrected chi connectivity index (χ1v) is 9.05. The molecule has 2 aliphatic heterocycles. The van der Waals surface area contributed by atoms with E-state index in [1.165, 1.54) is 12.1 Å². The minimum Gasteiger partial charge on any atom is -0.342 e. The largest absolute Gasteiger partial charge is 0.342 e. The average Bonchev–Trinajstić information content (AvgIpc) is 3.11. The zero-order chi connectivity index (χ0) is 17.8. The number of urea groups is 1. The summed E-state index contributed by atoms with van der Waals surface area (Å²) >= 11 is 0. The van der Waals surface area contributed by atoms with Gasteiger partial charge in [-0.2, -0.15) is 0 Å². The molecule has 5 nitrogen and oxygen atoms in total. The van der Waals surface area contributed by atoms with Crippen molar-refractivity contribution >= 4 is 11.9 Å². The molecule has 3 rings (SSSR count). The molecule has 1 unspecified atom stereocenters. The summed E-state index contributed by atoms with van der Waals surface area (Å²) in [5.74, 6) is 0.875. The van der Waals surface area contributed by atoms with E-state index in [9.17, 15) is 14.0 Å². The van der Waals surface area contributed by atoms with E-state index in [2.05, 4.69) is 5.32 Å². The number of halogens is 1. The van der Waals surface area contributed by atoms with Gasteiger partial charge < -0.3 is 15.1 Å². The van der Waals surface area contributed by atoms with Crippen LogP contribution in [0.1, 0.15) is 24.8 Å². The normalized spacial score (nSPS) is 21.4. The van der Waals surface area contributed by atoms with Gasteiger partial charge in [0.25, 0.3) is 0 Å². The van der Waals surface area contributed by atoms with Crippen molar-refractivity contribution < 1.29 is 14.0 Å². The molecule has 0 radical (unpaired) electrons. The number of amides is 3. The number of carbonyl (C=O) groups is 2. The molecule has 1 aromatic rings. The highest BCUT2D eigenvalue weighted by molar-refractivity contribution is 5.79. The standard InChI is InChI=1S/C19H26FN3O2/c1-21-19(25)22-8-5-15(6-9-22)16-7-10-23(13-16)18(24)12-14-3-2-4-17(20)11-14/h2-4,11,15-16H,5-10,12-13H2,1H3,(H,21,25). The molecule has 3 amide bonds. The topological polar surface area (TPSA) is 52.7 Å². The Hall–Kier alpha value is -2.11. The number of hydrogen-bond donors (Lipinski definition) is 1. The third-order valence-electron chi connectivity index (χ3n) is 5.53. The Morgan fingerprint density at radius 3 is 2.48 bits per heavy atom. The van der Waals surface area contributed by atoms with Crippen LogP contribution in [0.2, 0.25) is 0 Å². The molecular formula is C19H26FN3O2. The first-order valence-electron chi connectivity index (χ1n) is 9.05. The number of nitrogens with zero attached hydrogens (tertiary/aromatic N) is 2. The van der Waals surface area contributed by atoms with Gasteiger partial charge in [-0.25, -0.2) is 9.18 Å². The van der Waals surface area contributed by atoms with Crippen LogP contribution in [0.15, 0.2) is 24.3 Å². The molecule has 1 N–H and O–H groups in total. The van der Waals surface area contributed by atoms with Crippen molar-refractivity contribution in [2.24, 2.45) is 11.8 Å². The summed E-state index contributed by atoms with van der Waals surface area (Å²) in [6.07, 6.45) is 3.30. The van der Waals surface area contributed by atoms with Gasteiger partial charge in [0.2, 0.25) is 5.91 Å². The number of carbonyl (C=O) groups excluding carboxylic acids is 2. The maximum absolute atomic E-state index is 13.3. The van der Waals surface area contributed by atoms with Gasteiger partial charge in [0, 0.05) is 33.2 Å². The van der Waals surface area contributed by atoms with Crippen LogP contribution in [0.5, 0.6) is 0 Å². The van der Waals surface area contributed by atoms with Crippen LogP contribution >= 0.6 is 0 Å². The zero-order valence-electron chi connectivity index (χ0n) is 14.7. The first-order chi connectivity index (χ1) is 12.1. The van der Waals surface area contributed by atoms with Gasteiger partial charge in [-0.1, -0.05) is 12.1 Å². The molecule has 6 heteroatoms. The number of hydrogen-bond acceptors (Lipinski definition) is 2. The lowest BCUT2D eigenvalue weighted by molar-refractivity contribution is -0.129. The summed E-state index contributed by atoms with van der Waals surface area (Å²) < 4.78 is 13.3. The van der Waals surface area contributed by atoms with Crippen LogP contribution in [-0.2, 0) is 11.2 Å². The zero-order valence-corrected chi connectivity index (χ0v) is 14.7. The summed E-state index contributed by atoms with van der Waals surface area (Å²) in [5, 5.41) is 2.68. The van der Waals surface area contributed by atoms with Gasteiger partial charge in [-0.15, -0.1) is 0 Å². The Morgan fingerprint density at radius 2 is 1.80 bits per heavy atom. The molecular weight excluding hydrogens is 321 g/mol. The average molecular weight is 347 g/mol. The molecule has 2 saturated heterocycles. The molecule has 1 aromatic carbocycles. The molecule has 0 aliphatic carbocycles. The highest BCUT2D eigenvalue weighted by atomic mass is 19.1. The number of benzene rings is 1. The molecule has 25 heavy (non-hydrogen) atoms. The van der Waals surface area contributed by atoms with Crippen molar-refractivity contribution in [3.63, 3.8) is 0 Å². The minimum atomic E-state index is -0.299. The second kappa shape index (κ2) is 7.85. The molecule has 1 atom stereocenters. The number of rotatable bonds is 3. The smallest absolute Gasteiger partial charge is 0.317 e. The fourth-order valence-corrected chi connectivity index (χ4v) is 4.06. The first kappa shape index (κ1) is 17.7. The van der Waals surface area contributed by atoms with E-state index in [4.69, 9.17) is 0 Å². The van der Waals surface area contributed by atoms with Crippen LogP contribution in [0.3, 0.4) is 0 Å². The van der Waals surface area contributed by atoms with E-state index in [1.807, 2.05) is 9.80 Å². The molecule has 0 bridgehead atoms. The van der Waals surface area contributed by atoms with Crippen LogP contribution in [-0.4, -0.2) is 55.0 Å². The second-order valence-electron chi connectivity index (χ2n) is 7.07. The molecule has 0 saturated carbocycles. The van der Waals surface area contributed by atoms with Crippen LogP contribution in [0.4, 0.5) is 9.18 Å². The maximum atomic E-state index is 13.3. The van der Waals surface area contributed by atoms with E-state index >= 15 is 0 Å². The maximum Gasteiger partial charge on any atom is 0.317 e. The van der Waals surface area contributed by atoms with Crippen molar-refractivity contribution in [2.45, 2.75) is 25.7 Å². The molecule has 2 heterocycles. The van der Waals surface area contributed by atoms with Crippen molar-refractivity contribution in [1.82, 2.24) is 15.1 Å². The van der Waals surface area contributed by atoms with Gasteiger partial charge in [-0.05, 0) is 48.8 Å². The van der Waals surface area contributed by atoms with Crippen LogP contribution in [0, 0.1) is 17.7 Å². The van der Waals surface area contributed by atoms with Gasteiger partial charge in [0.15, 0.2) is 0 Å². The quantitative estimate of drug-likeness (QED) is 0.912. The van der Waals surface area contributed by atoms with Crippen LogP contribution in [0.25, 0.3) is 0 Å². The predicted molar refractivity (Wildman–Crippen MR) is 93.5 cm³/mol. The SMILES string of the molecule is CNC(=O)N1CCC(C2CCN(C(=O)Cc3cccc(F)c3)C2)CC1. The van der Waals surface area contributed by atoms with E-state index in [1.54, 1.807) is 19.2 Å². The van der Waals surface area contributed by atoms with Gasteiger partial charge in [0.05, 0.1) is 6.42 Å². The summed E-state index contributed by atoms with van der Waals surface area (Å²) in [5.41, 5.74) is 0.729. The Bertz CT molecular complexity index is 629. The summed E-state index contributed by atoms with van der Waals surface area (Å²) in [7, 11) is 1.66. The summed E-state index contributed by atoms with van der Waals surface area (Å²) in [6, 6.07) is 6.26. The van der Waals surface area contributed by atoms with Gasteiger partial charge in [-0.3, -0.25) is 4.79 Å². The number of piperidine rings is 1. The third-order valence-corrected chi connectivity index (χ3v) is 5.53. The Kier molecular flexibility index (Phi) is 5.56. The lowest BCUT2D eigenvalue weighted by Gasteiger charge is -2.34. The van der Waals surface area contributed by atoms with Crippen molar-refractivity contribution in [3.8, 4) is 0 Å². The van der Waals surface area contributed by atoms with Gasteiger partial charge in [0.1, 0.15) is 5.82 Å². The number of nitrogens with one attached hydrogen (secondary N) is 1. The van der Waals surface area contributed by atoms with Crippen LogP contribution < -0.4 is 5.32 Å². The second-order valence-corrected chi connectivity index (χ2v) is 7.07. The summed E-state index contributed by atoms with van der Waals surface area (Å²) in [6.45, 7) is 3.16. The molecule has 0 aromatic heterocycles. The highest BCUT2D eigenvalue weighted by Crippen LogP contribution is 2.32. The van der Waals surface area contributed by atoms with Gasteiger partial charge >= 0.3 is 6.03 Å². The minimum absolute atomic E-state index is 0.00299. The lowest BCUT2D eigenvalue weighted by atomic mass is 9.84. The summed E-state index contributed by atoms with van der Waals surface area (Å²) in [4.78, 5) is 27.9. The van der Waals surface area contributed by atoms with E-state index in [0.717, 1.165) is 51.0 Å². The highest BCUT2D eigenvalue weighted by Gasteiger charge is 2.34. The molecule has 2 aliphatic rings. The predicted octanol–water partition coefficient (Wildman–Crippen LogP) is 2.27. The lowest BCUT2D eigenvalue weighted by Crippen LogP contribution is -2.44. The van der Waals surface area contributed by atoms with E-state index in [0.29, 0.717) is 11.8 Å². The fourth-order valence-electron chi connectivity index (χ4n) is 4.06. The molecule has 2 fully saturated rings. The van der Waals surface area contributed by atoms with Crippen molar-refractivity contribution in [3.05, 3.63) is 35.6 Å². The van der Waals surface area contributed by atoms with Crippen molar-refractivity contribution in [2.75, 3.05) is 33.2 Å². The monoisotopic (exact) mass is 347 g/mol. The molecule has 0 spiro atoms. The third kappa shape index (κ3) is 4.30. The molecule has 136 valence electrons. The van der Waals surface area contributed by atoms with E-state index in [-0.39, 0.29) is 24.2 Å². The Balaban J connectivity index is 1.49. The fraction of sp³-hybridized carbons (Fsp3) is 0.579.